The van der Waals surface area contributed by atoms with Crippen molar-refractivity contribution >= 4 is 11.6 Å². The number of carbonyl (C=O) groups is 1. The van der Waals surface area contributed by atoms with Gasteiger partial charge in [-0.25, -0.2) is 0 Å². The number of nitrogens with two attached hydrogens (primary N) is 1. The van der Waals surface area contributed by atoms with Crippen LogP contribution in [0.3, 0.4) is 0 Å². The fourth-order valence-corrected chi connectivity index (χ4v) is 1.48. The summed E-state index contributed by atoms with van der Waals surface area (Å²) in [4.78, 5) is 15.9. The normalized spacial score (nSPS) is 11.1. The van der Waals surface area contributed by atoms with Crippen LogP contribution in [0, 0.1) is 0 Å². The van der Waals surface area contributed by atoms with E-state index in [0.717, 1.165) is 0 Å². The first-order valence-electron chi connectivity index (χ1n) is 5.22. The van der Waals surface area contributed by atoms with Gasteiger partial charge >= 0.3 is 0 Å². The van der Waals surface area contributed by atoms with Crippen LogP contribution in [0.4, 0.5) is 5.69 Å². The second kappa shape index (κ2) is 5.60. The van der Waals surface area contributed by atoms with Crippen molar-refractivity contribution in [3.63, 3.8) is 0 Å². The van der Waals surface area contributed by atoms with E-state index in [9.17, 15) is 4.79 Å². The fourth-order valence-electron chi connectivity index (χ4n) is 1.48. The Morgan fingerprint density at radius 1 is 1.59 bits per heavy atom. The molecule has 1 amide bonds. The zero-order valence-electron chi connectivity index (χ0n) is 10.3. The van der Waals surface area contributed by atoms with E-state index in [-0.39, 0.29) is 5.91 Å². The molecule has 6 heteroatoms. The van der Waals surface area contributed by atoms with Gasteiger partial charge in [0.2, 0.25) is 0 Å². The lowest BCUT2D eigenvalue weighted by Gasteiger charge is -2.25. The molecule has 0 aliphatic carbocycles. The molecule has 0 spiro atoms. The summed E-state index contributed by atoms with van der Waals surface area (Å²) in [5.74, 6) is 5.10. The third-order valence-corrected chi connectivity index (χ3v) is 2.18. The van der Waals surface area contributed by atoms with E-state index in [1.807, 2.05) is 13.8 Å². The second-order valence-electron chi connectivity index (χ2n) is 4.34. The number of amides is 1. The highest BCUT2D eigenvalue weighted by Gasteiger charge is 2.22. The standard InChI is InChI=1S/C11H18N4O2/c1-11(2,7-17-3)14-10(16)8-4-5-13-6-9(8)15-12/h4-6,15H,7,12H2,1-3H3,(H,14,16). The Bertz CT molecular complexity index is 393. The van der Waals surface area contributed by atoms with Crippen LogP contribution in [0.5, 0.6) is 0 Å². The smallest absolute Gasteiger partial charge is 0.254 e. The number of rotatable bonds is 5. The quantitative estimate of drug-likeness (QED) is 0.514. The Balaban J connectivity index is 2.83. The number of hydrazine groups is 1. The highest BCUT2D eigenvalue weighted by molar-refractivity contribution is 5.99. The maximum Gasteiger partial charge on any atom is 0.254 e. The SMILES string of the molecule is COCC(C)(C)NC(=O)c1ccncc1NN. The van der Waals surface area contributed by atoms with Crippen molar-refractivity contribution in [3.05, 3.63) is 24.0 Å². The number of ether oxygens (including phenoxy) is 1. The largest absolute Gasteiger partial charge is 0.382 e. The van der Waals surface area contributed by atoms with Gasteiger partial charge in [-0.3, -0.25) is 15.6 Å². The van der Waals surface area contributed by atoms with Crippen LogP contribution in [0.15, 0.2) is 18.5 Å². The third kappa shape index (κ3) is 3.69. The molecule has 1 aromatic rings. The monoisotopic (exact) mass is 238 g/mol. The molecule has 0 aromatic carbocycles. The molecule has 94 valence electrons. The molecule has 0 bridgehead atoms. The molecule has 17 heavy (non-hydrogen) atoms. The number of aromatic nitrogens is 1. The van der Waals surface area contributed by atoms with Crippen LogP contribution < -0.4 is 16.6 Å². The number of pyridine rings is 1. The number of nitrogens with zero attached hydrogens (tertiary/aromatic N) is 1. The maximum atomic E-state index is 12.0. The van der Waals surface area contributed by atoms with Crippen molar-refractivity contribution < 1.29 is 9.53 Å². The topological polar surface area (TPSA) is 89.3 Å². The Morgan fingerprint density at radius 2 is 2.29 bits per heavy atom. The highest BCUT2D eigenvalue weighted by atomic mass is 16.5. The first-order chi connectivity index (χ1) is 8.00. The van der Waals surface area contributed by atoms with Gasteiger partial charge in [-0.1, -0.05) is 0 Å². The van der Waals surface area contributed by atoms with Crippen LogP contribution in [-0.4, -0.2) is 30.1 Å². The number of methoxy groups -OCH3 is 1. The Hall–Kier alpha value is -1.66. The van der Waals surface area contributed by atoms with Gasteiger partial charge in [0.15, 0.2) is 0 Å². The zero-order valence-corrected chi connectivity index (χ0v) is 10.3. The van der Waals surface area contributed by atoms with Crippen LogP contribution >= 0.6 is 0 Å². The third-order valence-electron chi connectivity index (χ3n) is 2.18. The summed E-state index contributed by atoms with van der Waals surface area (Å²) in [6.45, 7) is 4.19. The van der Waals surface area contributed by atoms with E-state index >= 15 is 0 Å². The van der Waals surface area contributed by atoms with Crippen LogP contribution in [0.25, 0.3) is 0 Å². The maximum absolute atomic E-state index is 12.0. The summed E-state index contributed by atoms with van der Waals surface area (Å²) in [6, 6.07) is 1.60. The predicted octanol–water partition coefficient (Wildman–Crippen LogP) is 0.522. The van der Waals surface area contributed by atoms with Gasteiger partial charge in [0.1, 0.15) is 0 Å². The van der Waals surface area contributed by atoms with Gasteiger partial charge < -0.3 is 15.5 Å². The van der Waals surface area contributed by atoms with Crippen LogP contribution in [0.1, 0.15) is 24.2 Å². The summed E-state index contributed by atoms with van der Waals surface area (Å²) in [5, 5.41) is 2.86. The zero-order chi connectivity index (χ0) is 12.9. The minimum Gasteiger partial charge on any atom is -0.382 e. The molecule has 0 aliphatic heterocycles. The summed E-state index contributed by atoms with van der Waals surface area (Å²) in [6.07, 6.45) is 3.04. The number of hydrogen-bond donors (Lipinski definition) is 3. The number of anilines is 1. The lowest BCUT2D eigenvalue weighted by molar-refractivity contribution is 0.0820. The second-order valence-corrected chi connectivity index (χ2v) is 4.34. The molecule has 0 fully saturated rings. The van der Waals surface area contributed by atoms with Gasteiger partial charge in [-0.05, 0) is 19.9 Å². The van der Waals surface area contributed by atoms with E-state index in [0.29, 0.717) is 17.9 Å². The number of nitrogen functional groups attached to an aromatic ring is 1. The summed E-state index contributed by atoms with van der Waals surface area (Å²) in [7, 11) is 1.59. The van der Waals surface area contributed by atoms with E-state index in [1.165, 1.54) is 6.20 Å². The molecular weight excluding hydrogens is 220 g/mol. The molecule has 0 atom stereocenters. The van der Waals surface area contributed by atoms with Gasteiger partial charge in [-0.15, -0.1) is 0 Å². The fraction of sp³-hybridized carbons (Fsp3) is 0.455. The van der Waals surface area contributed by atoms with Crippen molar-refractivity contribution in [2.75, 3.05) is 19.1 Å². The van der Waals surface area contributed by atoms with Crippen molar-refractivity contribution in [3.8, 4) is 0 Å². The molecule has 0 saturated heterocycles. The highest BCUT2D eigenvalue weighted by Crippen LogP contribution is 2.13. The van der Waals surface area contributed by atoms with E-state index in [2.05, 4.69) is 15.7 Å². The lowest BCUT2D eigenvalue weighted by Crippen LogP contribution is -2.47. The van der Waals surface area contributed by atoms with Crippen molar-refractivity contribution in [1.29, 1.82) is 0 Å². The summed E-state index contributed by atoms with van der Waals surface area (Å²) >= 11 is 0. The van der Waals surface area contributed by atoms with Crippen molar-refractivity contribution in [1.82, 2.24) is 10.3 Å². The van der Waals surface area contributed by atoms with E-state index in [1.54, 1.807) is 19.4 Å². The Kier molecular flexibility index (Phi) is 4.42. The molecule has 4 N–H and O–H groups in total. The van der Waals surface area contributed by atoms with Crippen LogP contribution in [0.2, 0.25) is 0 Å². The first-order valence-corrected chi connectivity index (χ1v) is 5.22. The summed E-state index contributed by atoms with van der Waals surface area (Å²) in [5.41, 5.74) is 2.93. The predicted molar refractivity (Wildman–Crippen MR) is 65.5 cm³/mol. The number of nitrogens with one attached hydrogen (secondary N) is 2. The van der Waals surface area contributed by atoms with E-state index < -0.39 is 5.54 Å². The van der Waals surface area contributed by atoms with Gasteiger partial charge in [-0.2, -0.15) is 0 Å². The van der Waals surface area contributed by atoms with Crippen LogP contribution in [-0.2, 0) is 4.74 Å². The summed E-state index contributed by atoms with van der Waals surface area (Å²) < 4.78 is 5.03. The van der Waals surface area contributed by atoms with Crippen molar-refractivity contribution in [2.24, 2.45) is 5.84 Å². The molecule has 6 nitrogen and oxygen atoms in total. The Labute approximate surface area is 101 Å². The average Bonchev–Trinajstić information content (AvgIpc) is 2.28. The van der Waals surface area contributed by atoms with Crippen molar-refractivity contribution in [2.45, 2.75) is 19.4 Å². The molecule has 1 rings (SSSR count). The van der Waals surface area contributed by atoms with Gasteiger partial charge in [0.05, 0.1) is 29.6 Å². The molecule has 1 heterocycles. The van der Waals surface area contributed by atoms with E-state index in [4.69, 9.17) is 10.6 Å². The minimum absolute atomic E-state index is 0.220. The molecule has 0 saturated carbocycles. The molecule has 0 radical (unpaired) electrons. The molecule has 0 aliphatic rings. The number of carbonyl (C=O) groups excluding carboxylic acids is 1. The first kappa shape index (κ1) is 13.4. The van der Waals surface area contributed by atoms with Gasteiger partial charge in [0.25, 0.3) is 5.91 Å². The average molecular weight is 238 g/mol. The molecular formula is C11H18N4O2. The lowest BCUT2D eigenvalue weighted by atomic mass is 10.1. The number of hydrogen-bond acceptors (Lipinski definition) is 5. The minimum atomic E-state index is -0.443. The molecule has 0 unspecified atom stereocenters. The van der Waals surface area contributed by atoms with Gasteiger partial charge in [0, 0.05) is 13.3 Å². The molecule has 1 aromatic heterocycles. The Morgan fingerprint density at radius 3 is 2.88 bits per heavy atom.